The lowest BCUT2D eigenvalue weighted by Crippen LogP contribution is -2.04. The van der Waals surface area contributed by atoms with Crippen LogP contribution in [0.3, 0.4) is 0 Å². The van der Waals surface area contributed by atoms with E-state index in [1.807, 2.05) is 31.5 Å². The molecule has 0 amide bonds. The van der Waals surface area contributed by atoms with Crippen LogP contribution in [0.2, 0.25) is 0 Å². The second-order valence-electron chi connectivity index (χ2n) is 9.15. The molecule has 35 heavy (non-hydrogen) atoms. The van der Waals surface area contributed by atoms with Crippen molar-refractivity contribution in [3.8, 4) is 17.1 Å². The molecule has 1 aliphatic carbocycles. The molecule has 5 rings (SSSR count). The van der Waals surface area contributed by atoms with Crippen LogP contribution < -0.4 is 5.73 Å². The van der Waals surface area contributed by atoms with Crippen molar-refractivity contribution in [2.24, 2.45) is 5.92 Å². The molecule has 4 aromatic rings. The second-order valence-corrected chi connectivity index (χ2v) is 9.15. The Kier molecular flexibility index (Phi) is 6.02. The Hall–Kier alpha value is -3.72. The molecular formula is C26H30FN7O. The van der Waals surface area contributed by atoms with E-state index in [0.29, 0.717) is 17.6 Å². The van der Waals surface area contributed by atoms with Gasteiger partial charge in [-0.1, -0.05) is 0 Å². The van der Waals surface area contributed by atoms with Gasteiger partial charge in [0.05, 0.1) is 11.8 Å². The van der Waals surface area contributed by atoms with Crippen LogP contribution in [0.1, 0.15) is 42.8 Å². The van der Waals surface area contributed by atoms with Crippen molar-refractivity contribution in [3.63, 3.8) is 0 Å². The zero-order valence-electron chi connectivity index (χ0n) is 20.4. The van der Waals surface area contributed by atoms with E-state index in [1.165, 1.54) is 25.0 Å². The molecule has 3 heterocycles. The van der Waals surface area contributed by atoms with Gasteiger partial charge >= 0.3 is 0 Å². The van der Waals surface area contributed by atoms with Crippen LogP contribution in [-0.4, -0.2) is 36.6 Å². The minimum atomic E-state index is -0.284. The molecule has 1 fully saturated rings. The van der Waals surface area contributed by atoms with Gasteiger partial charge in [0.2, 0.25) is 0 Å². The third-order valence-electron chi connectivity index (χ3n) is 6.55. The Morgan fingerprint density at radius 1 is 1.17 bits per heavy atom. The number of H-pyrrole nitrogens is 1. The van der Waals surface area contributed by atoms with E-state index >= 15 is 0 Å². The van der Waals surface area contributed by atoms with Crippen LogP contribution >= 0.6 is 0 Å². The number of hydrogen-bond donors (Lipinski definition) is 2. The zero-order chi connectivity index (χ0) is 24.7. The molecule has 3 aromatic heterocycles. The molecule has 0 aliphatic heterocycles. The molecule has 0 radical (unpaired) electrons. The Morgan fingerprint density at radius 2 is 1.91 bits per heavy atom. The third-order valence-corrected chi connectivity index (χ3v) is 6.55. The smallest absolute Gasteiger partial charge is 0.157 e. The van der Waals surface area contributed by atoms with E-state index in [9.17, 15) is 4.39 Å². The van der Waals surface area contributed by atoms with Crippen molar-refractivity contribution in [2.45, 2.75) is 46.3 Å². The number of nitrogen functional groups attached to an aromatic ring is 1. The third kappa shape index (κ3) is 4.51. The van der Waals surface area contributed by atoms with Gasteiger partial charge in [0.15, 0.2) is 5.82 Å². The number of rotatable bonds is 6. The lowest BCUT2D eigenvalue weighted by atomic mass is 10.1. The van der Waals surface area contributed by atoms with Crippen molar-refractivity contribution in [2.75, 3.05) is 12.8 Å². The standard InChI is InChI=1S/C26H30FN7O/c1-15-24(17(3)35-4)16(2)34(31-15)23-13-22(28)30-26-21(11-12-29-23)25(19-7-9-20(27)10-8-19)32-33(26)14-18-5-6-18/h7-13,17-18,30H,5-6,14,28H2,1-4H3. The first-order valence-corrected chi connectivity index (χ1v) is 11.8. The van der Waals surface area contributed by atoms with Crippen LogP contribution in [-0.2, 0) is 11.3 Å². The average Bonchev–Trinajstić information content (AvgIpc) is 3.51. The summed E-state index contributed by atoms with van der Waals surface area (Å²) in [6.07, 6.45) is 4.02. The van der Waals surface area contributed by atoms with Crippen LogP contribution in [0.15, 0.2) is 42.6 Å². The van der Waals surface area contributed by atoms with Crippen LogP contribution in [0.4, 0.5) is 10.2 Å². The van der Waals surface area contributed by atoms with Crippen molar-refractivity contribution in [1.82, 2.24) is 29.5 Å². The van der Waals surface area contributed by atoms with Gasteiger partial charge in [0.1, 0.15) is 23.0 Å². The summed E-state index contributed by atoms with van der Waals surface area (Å²) in [6.45, 7) is 6.75. The fourth-order valence-electron chi connectivity index (χ4n) is 4.50. The molecule has 0 bridgehead atoms. The number of fused-ring (bicyclic) bond motifs is 1. The van der Waals surface area contributed by atoms with Gasteiger partial charge in [-0.3, -0.25) is 0 Å². The first-order chi connectivity index (χ1) is 16.9. The van der Waals surface area contributed by atoms with E-state index < -0.39 is 0 Å². The number of nitrogens with two attached hydrogens (primary N) is 1. The van der Waals surface area contributed by atoms with Gasteiger partial charge in [0, 0.05) is 48.1 Å². The van der Waals surface area contributed by atoms with Gasteiger partial charge in [-0.05, 0) is 69.9 Å². The lowest BCUT2D eigenvalue weighted by Gasteiger charge is -2.10. The number of nitrogens with one attached hydrogen (secondary N) is 1. The maximum atomic E-state index is 13.6. The maximum absolute atomic E-state index is 13.6. The van der Waals surface area contributed by atoms with Crippen molar-refractivity contribution < 1.29 is 9.13 Å². The number of benzene rings is 1. The topological polar surface area (TPSA) is 99.6 Å². The summed E-state index contributed by atoms with van der Waals surface area (Å²) >= 11 is 0. The number of anilines is 1. The summed E-state index contributed by atoms with van der Waals surface area (Å²) in [6, 6.07) is 10.0. The minimum Gasteiger partial charge on any atom is -0.385 e. The molecule has 1 aliphatic rings. The van der Waals surface area contributed by atoms with Crippen LogP contribution in [0, 0.1) is 25.6 Å². The van der Waals surface area contributed by atoms with Crippen LogP contribution in [0.5, 0.6) is 0 Å². The van der Waals surface area contributed by atoms with E-state index in [1.54, 1.807) is 36.2 Å². The largest absolute Gasteiger partial charge is 0.385 e. The monoisotopic (exact) mass is 475 g/mol. The highest BCUT2D eigenvalue weighted by Crippen LogP contribution is 2.33. The normalized spacial score (nSPS) is 14.3. The highest BCUT2D eigenvalue weighted by Gasteiger charge is 2.24. The average molecular weight is 476 g/mol. The van der Waals surface area contributed by atoms with Gasteiger partial charge in [-0.2, -0.15) is 10.2 Å². The first-order valence-electron chi connectivity index (χ1n) is 11.8. The summed E-state index contributed by atoms with van der Waals surface area (Å²) in [5, 5.41) is 10.4. The van der Waals surface area contributed by atoms with Gasteiger partial charge in [-0.15, -0.1) is 0 Å². The summed E-state index contributed by atoms with van der Waals surface area (Å²) in [4.78, 5) is 8.04. The molecule has 3 N–H and O–H groups in total. The number of methoxy groups -OCH3 is 1. The quantitative estimate of drug-likeness (QED) is 0.400. The van der Waals surface area contributed by atoms with E-state index in [0.717, 1.165) is 45.8 Å². The number of aryl methyl sites for hydroxylation is 1. The molecule has 1 saturated carbocycles. The highest BCUT2D eigenvalue weighted by molar-refractivity contribution is 5.91. The zero-order valence-corrected chi connectivity index (χ0v) is 20.4. The fourth-order valence-corrected chi connectivity index (χ4v) is 4.50. The molecular weight excluding hydrogens is 445 g/mol. The highest BCUT2D eigenvalue weighted by atomic mass is 19.1. The molecule has 1 unspecified atom stereocenters. The number of aromatic nitrogens is 6. The Morgan fingerprint density at radius 3 is 2.60 bits per heavy atom. The van der Waals surface area contributed by atoms with Crippen LogP contribution in [0.25, 0.3) is 28.1 Å². The number of nitrogens with zero attached hydrogens (tertiary/aromatic N) is 5. The predicted octanol–water partition coefficient (Wildman–Crippen LogP) is 5.19. The Bertz CT molecular complexity index is 1430. The molecule has 0 spiro atoms. The number of hydrogen-bond acceptors (Lipinski definition) is 5. The molecule has 0 saturated heterocycles. The fraction of sp³-hybridized carbons (Fsp3) is 0.346. The second kappa shape index (κ2) is 9.14. The minimum absolute atomic E-state index is 0.0911. The number of halogens is 1. The van der Waals surface area contributed by atoms with E-state index in [4.69, 9.17) is 25.7 Å². The SMILES string of the molecule is COC(C)c1c(C)nn(-c2cc(N)[nH]c3c(ccn2)c(-c2ccc(F)cc2)nn3CC2CC2)c1C. The summed E-state index contributed by atoms with van der Waals surface area (Å²) in [5.74, 6) is 1.32. The number of aromatic amines is 1. The van der Waals surface area contributed by atoms with E-state index in [2.05, 4.69) is 4.98 Å². The summed E-state index contributed by atoms with van der Waals surface area (Å²) in [7, 11) is 1.68. The number of ether oxygens (including phenoxy) is 1. The van der Waals surface area contributed by atoms with Gasteiger partial charge in [-0.25, -0.2) is 18.7 Å². The molecule has 1 aromatic carbocycles. The predicted molar refractivity (Wildman–Crippen MR) is 134 cm³/mol. The molecule has 182 valence electrons. The molecule has 8 nitrogen and oxygen atoms in total. The summed E-state index contributed by atoms with van der Waals surface area (Å²) < 4.78 is 22.9. The first kappa shape index (κ1) is 23.0. The lowest BCUT2D eigenvalue weighted by molar-refractivity contribution is 0.118. The Labute approximate surface area is 203 Å². The molecule has 1 atom stereocenters. The van der Waals surface area contributed by atoms with E-state index in [-0.39, 0.29) is 11.9 Å². The van der Waals surface area contributed by atoms with Crippen molar-refractivity contribution in [3.05, 3.63) is 65.4 Å². The maximum Gasteiger partial charge on any atom is 0.157 e. The van der Waals surface area contributed by atoms with Crippen molar-refractivity contribution >= 4 is 16.9 Å². The van der Waals surface area contributed by atoms with Crippen molar-refractivity contribution in [1.29, 1.82) is 0 Å². The van der Waals surface area contributed by atoms with Gasteiger partial charge < -0.3 is 15.5 Å². The summed E-state index contributed by atoms with van der Waals surface area (Å²) in [5.41, 5.74) is 11.7. The molecule has 9 heteroatoms. The Balaban J connectivity index is 1.70. The van der Waals surface area contributed by atoms with Gasteiger partial charge in [0.25, 0.3) is 0 Å².